The fraction of sp³-hybridized carbons (Fsp3) is 0.273. The molecule has 29 heavy (non-hydrogen) atoms. The molecule has 0 bridgehead atoms. The summed E-state index contributed by atoms with van der Waals surface area (Å²) in [7, 11) is 3.04. The highest BCUT2D eigenvalue weighted by Crippen LogP contribution is 2.35. The third-order valence-corrected chi connectivity index (χ3v) is 5.22. The molecular formula is C22H20N2O5. The van der Waals surface area contributed by atoms with E-state index in [1.165, 1.54) is 20.3 Å². The van der Waals surface area contributed by atoms with Gasteiger partial charge in [0.2, 0.25) is 5.78 Å². The smallest absolute Gasteiger partial charge is 0.211 e. The summed E-state index contributed by atoms with van der Waals surface area (Å²) in [4.78, 5) is 43.2. The largest absolute Gasteiger partial charge is 0.497 e. The summed E-state index contributed by atoms with van der Waals surface area (Å²) >= 11 is 0. The Labute approximate surface area is 167 Å². The number of carbonyl (C=O) groups is 3. The third kappa shape index (κ3) is 3.08. The van der Waals surface area contributed by atoms with E-state index < -0.39 is 0 Å². The second-order valence-corrected chi connectivity index (χ2v) is 6.99. The van der Waals surface area contributed by atoms with Crippen LogP contribution in [0.2, 0.25) is 0 Å². The van der Waals surface area contributed by atoms with Gasteiger partial charge >= 0.3 is 0 Å². The first-order valence-electron chi connectivity index (χ1n) is 9.31. The van der Waals surface area contributed by atoms with Gasteiger partial charge in [-0.05, 0) is 31.9 Å². The molecule has 0 amide bonds. The minimum absolute atomic E-state index is 0.0992. The van der Waals surface area contributed by atoms with Gasteiger partial charge in [0.05, 0.1) is 42.4 Å². The van der Waals surface area contributed by atoms with Gasteiger partial charge in [0.1, 0.15) is 11.5 Å². The van der Waals surface area contributed by atoms with E-state index in [0.29, 0.717) is 53.4 Å². The van der Waals surface area contributed by atoms with Crippen LogP contribution in [0.4, 0.5) is 5.69 Å². The number of nitrogens with zero attached hydrogens (tertiary/aromatic N) is 1. The first kappa shape index (κ1) is 18.9. The Hall–Kier alpha value is -3.48. The molecule has 2 aliphatic carbocycles. The summed E-state index contributed by atoms with van der Waals surface area (Å²) in [5.41, 5.74) is 2.34. The molecule has 1 N–H and O–H groups in total. The van der Waals surface area contributed by atoms with Crippen LogP contribution in [-0.4, -0.2) is 36.6 Å². The zero-order chi connectivity index (χ0) is 20.7. The number of Topliss-reactive ketones (excluding diaryl/α,β-unsaturated/α-hetero) is 2. The minimum Gasteiger partial charge on any atom is -0.497 e. The van der Waals surface area contributed by atoms with E-state index >= 15 is 0 Å². The van der Waals surface area contributed by atoms with Crippen LogP contribution in [0, 0.1) is 6.92 Å². The topological polar surface area (TPSA) is 94.6 Å². The van der Waals surface area contributed by atoms with Gasteiger partial charge in [-0.15, -0.1) is 0 Å². The quantitative estimate of drug-likeness (QED) is 0.853. The van der Waals surface area contributed by atoms with Crippen LogP contribution in [0.25, 0.3) is 0 Å². The second kappa shape index (κ2) is 7.16. The van der Waals surface area contributed by atoms with Crippen molar-refractivity contribution in [2.24, 2.45) is 0 Å². The first-order chi connectivity index (χ1) is 13.9. The number of nitrogens with one attached hydrogen (secondary N) is 1. The number of ether oxygens (including phenoxy) is 2. The highest BCUT2D eigenvalue weighted by molar-refractivity contribution is 6.28. The lowest BCUT2D eigenvalue weighted by Gasteiger charge is -2.24. The summed E-state index contributed by atoms with van der Waals surface area (Å²) in [6.45, 7) is 1.69. The van der Waals surface area contributed by atoms with Gasteiger partial charge in [-0.2, -0.15) is 0 Å². The number of aromatic nitrogens is 1. The summed E-state index contributed by atoms with van der Waals surface area (Å²) in [5, 5.41) is 2.99. The molecule has 0 unspecified atom stereocenters. The molecule has 1 heterocycles. The maximum Gasteiger partial charge on any atom is 0.211 e. The fourth-order valence-electron chi connectivity index (χ4n) is 3.86. The van der Waals surface area contributed by atoms with E-state index in [-0.39, 0.29) is 34.2 Å². The molecular weight excluding hydrogens is 372 g/mol. The predicted molar refractivity (Wildman–Crippen MR) is 106 cm³/mol. The van der Waals surface area contributed by atoms with Crippen molar-refractivity contribution >= 4 is 23.0 Å². The lowest BCUT2D eigenvalue weighted by atomic mass is 9.82. The highest BCUT2D eigenvalue weighted by Gasteiger charge is 2.35. The van der Waals surface area contributed by atoms with E-state index in [9.17, 15) is 14.4 Å². The molecule has 0 saturated carbocycles. The Morgan fingerprint density at radius 2 is 1.79 bits per heavy atom. The molecule has 0 fully saturated rings. The highest BCUT2D eigenvalue weighted by atomic mass is 16.5. The molecule has 7 nitrogen and oxygen atoms in total. The number of methoxy groups -OCH3 is 2. The summed E-state index contributed by atoms with van der Waals surface area (Å²) < 4.78 is 10.6. The average molecular weight is 392 g/mol. The number of aryl methyl sites for hydroxylation is 2. The zero-order valence-electron chi connectivity index (χ0n) is 16.4. The van der Waals surface area contributed by atoms with Gasteiger partial charge in [-0.3, -0.25) is 19.4 Å². The number of benzene rings is 1. The molecule has 2 aliphatic rings. The number of rotatable bonds is 4. The maximum atomic E-state index is 13.2. The van der Waals surface area contributed by atoms with Gasteiger partial charge in [0, 0.05) is 29.8 Å². The average Bonchev–Trinajstić information content (AvgIpc) is 2.71. The fourth-order valence-corrected chi connectivity index (χ4v) is 3.86. The van der Waals surface area contributed by atoms with Crippen molar-refractivity contribution in [2.45, 2.75) is 26.2 Å². The number of pyridine rings is 1. The van der Waals surface area contributed by atoms with Crippen molar-refractivity contribution in [1.29, 1.82) is 0 Å². The Morgan fingerprint density at radius 3 is 2.52 bits per heavy atom. The molecule has 0 atom stereocenters. The number of hydrogen-bond donors (Lipinski definition) is 1. The minimum atomic E-state index is -0.379. The lowest BCUT2D eigenvalue weighted by molar-refractivity contribution is 0.0951. The van der Waals surface area contributed by atoms with Crippen molar-refractivity contribution < 1.29 is 23.9 Å². The number of anilines is 1. The molecule has 0 aliphatic heterocycles. The molecule has 0 spiro atoms. The van der Waals surface area contributed by atoms with Gasteiger partial charge in [0.15, 0.2) is 11.6 Å². The predicted octanol–water partition coefficient (Wildman–Crippen LogP) is 3.30. The van der Waals surface area contributed by atoms with Crippen LogP contribution < -0.4 is 14.8 Å². The van der Waals surface area contributed by atoms with E-state index in [2.05, 4.69) is 10.3 Å². The van der Waals surface area contributed by atoms with Gasteiger partial charge < -0.3 is 14.8 Å². The molecule has 4 rings (SSSR count). The van der Waals surface area contributed by atoms with Crippen LogP contribution in [-0.2, 0) is 6.42 Å². The van der Waals surface area contributed by atoms with Crippen molar-refractivity contribution in [1.82, 2.24) is 4.98 Å². The normalized spacial score (nSPS) is 15.4. The monoisotopic (exact) mass is 392 g/mol. The Morgan fingerprint density at radius 1 is 1.00 bits per heavy atom. The molecule has 1 aromatic carbocycles. The van der Waals surface area contributed by atoms with Gasteiger partial charge in [-0.25, -0.2) is 0 Å². The Kier molecular flexibility index (Phi) is 4.66. The summed E-state index contributed by atoms with van der Waals surface area (Å²) in [6, 6.07) is 5.11. The third-order valence-electron chi connectivity index (χ3n) is 5.22. The van der Waals surface area contributed by atoms with Crippen molar-refractivity contribution in [3.8, 4) is 11.5 Å². The van der Waals surface area contributed by atoms with Crippen LogP contribution in [0.15, 0.2) is 30.0 Å². The van der Waals surface area contributed by atoms with Gasteiger partial charge in [0.25, 0.3) is 0 Å². The van der Waals surface area contributed by atoms with E-state index in [0.717, 1.165) is 0 Å². The molecule has 0 radical (unpaired) electrons. The van der Waals surface area contributed by atoms with E-state index in [1.807, 2.05) is 0 Å². The molecule has 148 valence electrons. The van der Waals surface area contributed by atoms with Crippen molar-refractivity contribution in [2.75, 3.05) is 19.5 Å². The number of fused-ring (bicyclic) bond motifs is 3. The first-order valence-corrected chi connectivity index (χ1v) is 9.31. The van der Waals surface area contributed by atoms with Crippen LogP contribution in [0.5, 0.6) is 11.5 Å². The SMILES string of the molecule is COc1ccc(OC)c(NC2=CC(=O)c3c(c(C)nc4c3C(=O)CCC4)C2=O)c1. The Balaban J connectivity index is 1.80. The van der Waals surface area contributed by atoms with E-state index in [4.69, 9.17) is 9.47 Å². The van der Waals surface area contributed by atoms with Gasteiger partial charge in [-0.1, -0.05) is 0 Å². The molecule has 2 aromatic rings. The van der Waals surface area contributed by atoms with Crippen molar-refractivity contribution in [3.63, 3.8) is 0 Å². The molecule has 0 saturated heterocycles. The number of carbonyl (C=O) groups excluding carboxylic acids is 3. The molecule has 7 heteroatoms. The number of hydrogen-bond acceptors (Lipinski definition) is 7. The standard InChI is InChI=1S/C22H20N2O5/c1-11-19-21(20-13(23-11)5-4-6-16(20)25)17(26)10-15(22(19)27)24-14-9-12(28-2)7-8-18(14)29-3/h7-10,24H,4-6H2,1-3H3. The maximum absolute atomic E-state index is 13.2. The van der Waals surface area contributed by atoms with E-state index in [1.54, 1.807) is 25.1 Å². The molecule has 1 aromatic heterocycles. The van der Waals surface area contributed by atoms with Crippen LogP contribution >= 0.6 is 0 Å². The Bertz CT molecular complexity index is 1100. The van der Waals surface area contributed by atoms with Crippen LogP contribution in [0.3, 0.4) is 0 Å². The zero-order valence-corrected chi connectivity index (χ0v) is 16.4. The summed E-state index contributed by atoms with van der Waals surface area (Å²) in [5.74, 6) is 0.182. The van der Waals surface area contributed by atoms with Crippen molar-refractivity contribution in [3.05, 3.63) is 58.1 Å². The lowest BCUT2D eigenvalue weighted by Crippen LogP contribution is -2.28. The number of allylic oxidation sites excluding steroid dienone is 2. The summed E-state index contributed by atoms with van der Waals surface area (Å²) in [6.07, 6.45) is 2.94. The van der Waals surface area contributed by atoms with Crippen LogP contribution in [0.1, 0.15) is 55.3 Å². The number of ketones is 3. The second-order valence-electron chi connectivity index (χ2n) is 6.99.